The van der Waals surface area contributed by atoms with Crippen LogP contribution in [0.2, 0.25) is 0 Å². The number of benzene rings is 2. The number of nitrogens with one attached hydrogen (secondary N) is 3. The van der Waals surface area contributed by atoms with Crippen LogP contribution in [0.25, 0.3) is 0 Å². The second-order valence-corrected chi connectivity index (χ2v) is 10.8. The molecule has 0 bridgehead atoms. The first kappa shape index (κ1) is 33.1. The molecule has 0 aliphatic rings. The second-order valence-electron chi connectivity index (χ2n) is 10.8. The first-order valence-electron chi connectivity index (χ1n) is 16.0. The molecule has 0 saturated heterocycles. The first-order valence-corrected chi connectivity index (χ1v) is 16.0. The van der Waals surface area contributed by atoms with E-state index in [4.69, 9.17) is 0 Å². The van der Waals surface area contributed by atoms with Crippen molar-refractivity contribution in [3.63, 3.8) is 0 Å². The molecule has 0 radical (unpaired) electrons. The predicted molar refractivity (Wildman–Crippen MR) is 173 cm³/mol. The van der Waals surface area contributed by atoms with Crippen molar-refractivity contribution < 1.29 is 0 Å². The largest absolute Gasteiger partial charge is 0.372 e. The van der Waals surface area contributed by atoms with Crippen molar-refractivity contribution in [2.75, 3.05) is 62.2 Å². The Kier molecular flexibility index (Phi) is 18.4. The minimum Gasteiger partial charge on any atom is -0.372 e. The molecule has 0 unspecified atom stereocenters. The Bertz CT molecular complexity index is 735. The highest BCUT2D eigenvalue weighted by Gasteiger charge is 2.07. The SMILES string of the molecule is CCCCN(CCCC)c1ccc(CNCCNCCNCc2ccc(N(CCCC)CCCC)cc2)cc1. The summed E-state index contributed by atoms with van der Waals surface area (Å²) < 4.78 is 0. The molecule has 0 saturated carbocycles. The van der Waals surface area contributed by atoms with Gasteiger partial charge in [0.05, 0.1) is 0 Å². The van der Waals surface area contributed by atoms with Crippen LogP contribution in [0.15, 0.2) is 48.5 Å². The average Bonchev–Trinajstić information content (AvgIpc) is 2.97. The zero-order chi connectivity index (χ0) is 28.0. The molecule has 3 N–H and O–H groups in total. The second kappa shape index (κ2) is 21.7. The molecule has 5 heteroatoms. The Morgan fingerprint density at radius 3 is 1.05 bits per heavy atom. The maximum atomic E-state index is 3.57. The predicted octanol–water partition coefficient (Wildman–Crippen LogP) is 6.97. The molecule has 2 aromatic rings. The lowest BCUT2D eigenvalue weighted by Gasteiger charge is -2.25. The lowest BCUT2D eigenvalue weighted by molar-refractivity contribution is 0.580. The summed E-state index contributed by atoms with van der Waals surface area (Å²) in [6.45, 7) is 19.5. The summed E-state index contributed by atoms with van der Waals surface area (Å²) in [4.78, 5) is 5.10. The molecule has 0 heterocycles. The van der Waals surface area contributed by atoms with Gasteiger partial charge in [-0.2, -0.15) is 0 Å². The number of unbranched alkanes of at least 4 members (excludes halogenated alkanes) is 4. The van der Waals surface area contributed by atoms with Crippen LogP contribution in [0.1, 0.15) is 90.2 Å². The minimum absolute atomic E-state index is 0.925. The van der Waals surface area contributed by atoms with Crippen molar-refractivity contribution in [2.45, 2.75) is 92.2 Å². The van der Waals surface area contributed by atoms with Crippen molar-refractivity contribution in [2.24, 2.45) is 0 Å². The van der Waals surface area contributed by atoms with E-state index < -0.39 is 0 Å². The topological polar surface area (TPSA) is 42.6 Å². The van der Waals surface area contributed by atoms with Crippen molar-refractivity contribution in [1.82, 2.24) is 16.0 Å². The third kappa shape index (κ3) is 14.2. The molecule has 5 nitrogen and oxygen atoms in total. The number of hydrogen-bond acceptors (Lipinski definition) is 5. The van der Waals surface area contributed by atoms with E-state index in [0.29, 0.717) is 0 Å². The van der Waals surface area contributed by atoms with Gasteiger partial charge in [0, 0.05) is 76.8 Å². The Hall–Kier alpha value is -2.08. The van der Waals surface area contributed by atoms with Gasteiger partial charge in [0.15, 0.2) is 0 Å². The van der Waals surface area contributed by atoms with Crippen molar-refractivity contribution in [3.05, 3.63) is 59.7 Å². The van der Waals surface area contributed by atoms with Crippen LogP contribution in [-0.4, -0.2) is 52.4 Å². The zero-order valence-electron chi connectivity index (χ0n) is 25.7. The van der Waals surface area contributed by atoms with Crippen LogP contribution in [0.3, 0.4) is 0 Å². The van der Waals surface area contributed by atoms with Gasteiger partial charge < -0.3 is 25.8 Å². The third-order valence-corrected chi connectivity index (χ3v) is 7.34. The quantitative estimate of drug-likeness (QED) is 0.126. The Morgan fingerprint density at radius 2 is 0.744 bits per heavy atom. The van der Waals surface area contributed by atoms with Crippen LogP contribution in [0.4, 0.5) is 11.4 Å². The van der Waals surface area contributed by atoms with Crippen LogP contribution < -0.4 is 25.8 Å². The minimum atomic E-state index is 0.925. The van der Waals surface area contributed by atoms with E-state index in [0.717, 1.165) is 65.4 Å². The van der Waals surface area contributed by atoms with Crippen LogP contribution in [0.5, 0.6) is 0 Å². The van der Waals surface area contributed by atoms with Crippen LogP contribution >= 0.6 is 0 Å². The molecule has 2 rings (SSSR count). The lowest BCUT2D eigenvalue weighted by atomic mass is 10.1. The Morgan fingerprint density at radius 1 is 0.436 bits per heavy atom. The molecule has 0 spiro atoms. The van der Waals surface area contributed by atoms with E-state index in [2.05, 4.69) is 102 Å². The van der Waals surface area contributed by atoms with Gasteiger partial charge >= 0.3 is 0 Å². The van der Waals surface area contributed by atoms with Gasteiger partial charge in [-0.05, 0) is 61.1 Å². The molecule has 0 fully saturated rings. The fourth-order valence-corrected chi connectivity index (χ4v) is 4.73. The number of rotatable bonds is 24. The van der Waals surface area contributed by atoms with E-state index in [9.17, 15) is 0 Å². The summed E-state index contributed by atoms with van der Waals surface area (Å²) in [6, 6.07) is 18.3. The zero-order valence-corrected chi connectivity index (χ0v) is 25.7. The summed E-state index contributed by atoms with van der Waals surface area (Å²) in [5, 5.41) is 10.7. The van der Waals surface area contributed by atoms with E-state index in [-0.39, 0.29) is 0 Å². The fourth-order valence-electron chi connectivity index (χ4n) is 4.73. The lowest BCUT2D eigenvalue weighted by Crippen LogP contribution is -2.32. The number of hydrogen-bond donors (Lipinski definition) is 3. The first-order chi connectivity index (χ1) is 19.2. The highest BCUT2D eigenvalue weighted by Crippen LogP contribution is 2.18. The standard InChI is InChI=1S/C34H59N5/c1-5-9-25-38(26-10-6-2)33-17-13-31(14-18-33)29-36-23-21-35-22-24-37-30-32-15-19-34(20-16-32)39(27-11-7-3)28-12-8-4/h13-20,35-37H,5-12,21-30H2,1-4H3. The average molecular weight is 538 g/mol. The van der Waals surface area contributed by atoms with Crippen molar-refractivity contribution >= 4 is 11.4 Å². The van der Waals surface area contributed by atoms with Gasteiger partial charge in [-0.3, -0.25) is 0 Å². The van der Waals surface area contributed by atoms with E-state index in [1.54, 1.807) is 0 Å². The number of nitrogens with zero attached hydrogens (tertiary/aromatic N) is 2. The molecule has 39 heavy (non-hydrogen) atoms. The van der Waals surface area contributed by atoms with E-state index in [1.807, 2.05) is 0 Å². The number of anilines is 2. The molecular weight excluding hydrogens is 478 g/mol. The smallest absolute Gasteiger partial charge is 0.0366 e. The normalized spacial score (nSPS) is 11.2. The monoisotopic (exact) mass is 537 g/mol. The van der Waals surface area contributed by atoms with Gasteiger partial charge in [-0.15, -0.1) is 0 Å². The fraction of sp³-hybridized carbons (Fsp3) is 0.647. The molecule has 0 atom stereocenters. The summed E-state index contributed by atoms with van der Waals surface area (Å²) in [5.74, 6) is 0. The Balaban J connectivity index is 1.57. The van der Waals surface area contributed by atoms with E-state index >= 15 is 0 Å². The van der Waals surface area contributed by atoms with Gasteiger partial charge in [0.2, 0.25) is 0 Å². The molecule has 0 aliphatic heterocycles. The summed E-state index contributed by atoms with van der Waals surface area (Å²) in [7, 11) is 0. The highest BCUT2D eigenvalue weighted by atomic mass is 15.1. The summed E-state index contributed by atoms with van der Waals surface area (Å²) in [6.07, 6.45) is 10.1. The molecule has 0 aromatic heterocycles. The summed E-state index contributed by atoms with van der Waals surface area (Å²) in [5.41, 5.74) is 5.45. The van der Waals surface area contributed by atoms with Gasteiger partial charge in [-0.1, -0.05) is 77.6 Å². The van der Waals surface area contributed by atoms with Gasteiger partial charge in [0.25, 0.3) is 0 Å². The van der Waals surface area contributed by atoms with Crippen molar-refractivity contribution in [3.8, 4) is 0 Å². The Labute approximate surface area is 241 Å². The maximum absolute atomic E-state index is 3.57. The van der Waals surface area contributed by atoms with E-state index in [1.165, 1.54) is 73.9 Å². The third-order valence-electron chi connectivity index (χ3n) is 7.34. The van der Waals surface area contributed by atoms with Crippen LogP contribution in [0, 0.1) is 0 Å². The summed E-state index contributed by atoms with van der Waals surface area (Å²) >= 11 is 0. The van der Waals surface area contributed by atoms with Crippen molar-refractivity contribution in [1.29, 1.82) is 0 Å². The van der Waals surface area contributed by atoms with Gasteiger partial charge in [0.1, 0.15) is 0 Å². The molecule has 220 valence electrons. The molecule has 2 aromatic carbocycles. The molecule has 0 amide bonds. The maximum Gasteiger partial charge on any atom is 0.0366 e. The van der Waals surface area contributed by atoms with Crippen LogP contribution in [-0.2, 0) is 13.1 Å². The van der Waals surface area contributed by atoms with Gasteiger partial charge in [-0.25, -0.2) is 0 Å². The molecule has 0 aliphatic carbocycles. The molecular formula is C34H59N5. The highest BCUT2D eigenvalue weighted by molar-refractivity contribution is 5.48.